The Morgan fingerprint density at radius 3 is 1.58 bits per heavy atom. The zero-order valence-electron chi connectivity index (χ0n) is 15.9. The van der Waals surface area contributed by atoms with Gasteiger partial charge >= 0.3 is 0 Å². The Balaban J connectivity index is -0.000000115. The fraction of sp³-hybridized carbons (Fsp3) is 0.263. The average molecular weight is 532 g/mol. The van der Waals surface area contributed by atoms with Crippen LogP contribution in [0.15, 0.2) is 70.5 Å². The first kappa shape index (κ1) is 40.2. The maximum absolute atomic E-state index is 11.6. The molecule has 0 saturated heterocycles. The molecule has 31 heavy (non-hydrogen) atoms. The van der Waals surface area contributed by atoms with Gasteiger partial charge in [-0.25, -0.2) is 8.42 Å². The molecule has 0 heterocycles. The van der Waals surface area contributed by atoms with E-state index in [1.807, 2.05) is 30.3 Å². The molecular formula is C19H34ClN3O4S4. The molecule has 0 aliphatic rings. The maximum Gasteiger partial charge on any atom is 0.184 e. The molecule has 0 bridgehead atoms. The predicted molar refractivity (Wildman–Crippen MR) is 144 cm³/mol. The van der Waals surface area contributed by atoms with Crippen LogP contribution in [0.1, 0.15) is 14.9 Å². The van der Waals surface area contributed by atoms with Gasteiger partial charge in [0.2, 0.25) is 0 Å². The molecule has 0 fully saturated rings. The van der Waals surface area contributed by atoms with E-state index >= 15 is 0 Å². The molecule has 2 rings (SSSR count). The highest BCUT2D eigenvalue weighted by molar-refractivity contribution is 8.21. The third kappa shape index (κ3) is 20.4. The Morgan fingerprint density at radius 1 is 0.903 bits per heavy atom. The summed E-state index contributed by atoms with van der Waals surface area (Å²) in [5.41, 5.74) is 4.84. The molecule has 7 nitrogen and oxygen atoms in total. The zero-order valence-corrected chi connectivity index (χ0v) is 19.9. The van der Waals surface area contributed by atoms with Crippen LogP contribution >= 0.6 is 45.2 Å². The van der Waals surface area contributed by atoms with Crippen LogP contribution in [-0.4, -0.2) is 47.8 Å². The highest BCUT2D eigenvalue weighted by Crippen LogP contribution is 2.20. The molecule has 0 aromatic heterocycles. The Labute approximate surface area is 204 Å². The fourth-order valence-corrected chi connectivity index (χ4v) is 4.00. The number of halogens is 1. The molecular weight excluding hydrogens is 498 g/mol. The van der Waals surface area contributed by atoms with Gasteiger partial charge in [-0.3, -0.25) is 10.8 Å². The second-order valence-corrected chi connectivity index (χ2v) is 9.49. The number of hydrogen-bond donors (Lipinski definition) is 3. The fourth-order valence-electron chi connectivity index (χ4n) is 1.41. The Kier molecular flexibility index (Phi) is 30.4. The van der Waals surface area contributed by atoms with Crippen LogP contribution in [0.4, 0.5) is 0 Å². The second kappa shape index (κ2) is 23.5. The van der Waals surface area contributed by atoms with Gasteiger partial charge in [0, 0.05) is 4.90 Å². The van der Waals surface area contributed by atoms with Crippen molar-refractivity contribution in [1.29, 1.82) is 10.8 Å². The number of nitrogens with one attached hydrogen (secondary N) is 2. The topological polar surface area (TPSA) is 171 Å². The minimum absolute atomic E-state index is 0. The first-order valence-electron chi connectivity index (χ1n) is 7.37. The summed E-state index contributed by atoms with van der Waals surface area (Å²) in [6, 6.07) is 18.0. The lowest BCUT2D eigenvalue weighted by molar-refractivity contribution is 0.600. The number of benzene rings is 2. The van der Waals surface area contributed by atoms with E-state index < -0.39 is 9.84 Å². The molecule has 12 heteroatoms. The zero-order chi connectivity index (χ0) is 20.7. The molecule has 0 saturated carbocycles. The van der Waals surface area contributed by atoms with Gasteiger partial charge in [-0.15, -0.1) is 11.8 Å². The lowest BCUT2D eigenvalue weighted by Gasteiger charge is -2.03. The molecule has 0 radical (unpaired) electrons. The van der Waals surface area contributed by atoms with Crippen molar-refractivity contribution in [1.82, 2.24) is 0 Å². The van der Waals surface area contributed by atoms with E-state index in [0.29, 0.717) is 0 Å². The summed E-state index contributed by atoms with van der Waals surface area (Å²) in [6.45, 7) is 0. The number of hydrogen-bond acceptors (Lipinski definition) is 7. The highest BCUT2D eigenvalue weighted by atomic mass is 35.7. The summed E-state index contributed by atoms with van der Waals surface area (Å²) in [5.74, 6) is -0.210. The number of thioether (sulfide) groups is 2. The van der Waals surface area contributed by atoms with Crippen LogP contribution in [0, 0.1) is 10.8 Å². The quantitative estimate of drug-likeness (QED) is 0.384. The number of rotatable bonds is 4. The summed E-state index contributed by atoms with van der Waals surface area (Å²) in [6.07, 6.45) is 3.46. The summed E-state index contributed by atoms with van der Waals surface area (Å²) in [5, 5.41) is 14.1. The smallest absolute Gasteiger partial charge is 0.184 e. The Hall–Kier alpha value is -1.21. The molecule has 0 unspecified atom stereocenters. The van der Waals surface area contributed by atoms with E-state index in [4.69, 9.17) is 27.2 Å². The summed E-state index contributed by atoms with van der Waals surface area (Å²) < 4.78 is 23.3. The molecule has 2 aromatic rings. The second-order valence-electron chi connectivity index (χ2n) is 4.66. The van der Waals surface area contributed by atoms with Crippen molar-refractivity contribution in [3.8, 4) is 0 Å². The normalized spacial score (nSPS) is 8.61. The molecule has 2 aromatic carbocycles. The van der Waals surface area contributed by atoms with Crippen LogP contribution in [0.3, 0.4) is 0 Å². The SMILES string of the molecule is C.C.CSC(=N)CS(=O)(=O)c1ccccc1.CSC(=N)N.ClSc1ccccc1.O.O. The minimum atomic E-state index is -3.32. The van der Waals surface area contributed by atoms with Crippen molar-refractivity contribution in [2.75, 3.05) is 18.3 Å². The molecule has 180 valence electrons. The largest absolute Gasteiger partial charge is 0.412 e. The third-order valence-corrected chi connectivity index (χ3v) is 6.63. The van der Waals surface area contributed by atoms with Crippen molar-refractivity contribution in [2.24, 2.45) is 5.73 Å². The Bertz CT molecular complexity index is 796. The summed E-state index contributed by atoms with van der Waals surface area (Å²) >= 11 is 2.39. The molecule has 0 amide bonds. The van der Waals surface area contributed by atoms with Crippen molar-refractivity contribution in [3.63, 3.8) is 0 Å². The van der Waals surface area contributed by atoms with Gasteiger partial charge in [0.25, 0.3) is 0 Å². The van der Waals surface area contributed by atoms with E-state index in [0.717, 1.165) is 16.7 Å². The monoisotopic (exact) mass is 531 g/mol. The van der Waals surface area contributed by atoms with Crippen LogP contribution in [0.5, 0.6) is 0 Å². The average Bonchev–Trinajstić information content (AvgIpc) is 2.69. The van der Waals surface area contributed by atoms with Gasteiger partial charge in [-0.1, -0.05) is 63.0 Å². The number of amidine groups is 1. The number of nitrogens with two attached hydrogens (primary N) is 1. The molecule has 0 aliphatic carbocycles. The van der Waals surface area contributed by atoms with Gasteiger partial charge in [-0.2, -0.15) is 0 Å². The van der Waals surface area contributed by atoms with Crippen LogP contribution in [0.2, 0.25) is 0 Å². The van der Waals surface area contributed by atoms with Gasteiger partial charge in [0.05, 0.1) is 9.94 Å². The molecule has 0 atom stereocenters. The maximum atomic E-state index is 11.6. The van der Waals surface area contributed by atoms with Gasteiger partial charge < -0.3 is 16.7 Å². The van der Waals surface area contributed by atoms with Crippen molar-refractivity contribution in [3.05, 3.63) is 60.7 Å². The van der Waals surface area contributed by atoms with Crippen molar-refractivity contribution < 1.29 is 19.4 Å². The summed E-state index contributed by atoms with van der Waals surface area (Å²) in [7, 11) is 3.37. The predicted octanol–water partition coefficient (Wildman–Crippen LogP) is 4.60. The molecule has 0 aliphatic heterocycles. The van der Waals surface area contributed by atoms with Crippen molar-refractivity contribution >= 4 is 65.2 Å². The first-order chi connectivity index (χ1) is 12.8. The van der Waals surface area contributed by atoms with Crippen LogP contribution in [-0.2, 0) is 9.84 Å². The van der Waals surface area contributed by atoms with Crippen molar-refractivity contribution in [2.45, 2.75) is 24.6 Å². The van der Waals surface area contributed by atoms with Crippen LogP contribution in [0.25, 0.3) is 0 Å². The molecule has 0 spiro atoms. The van der Waals surface area contributed by atoms with E-state index in [2.05, 4.69) is 0 Å². The van der Waals surface area contributed by atoms with Crippen LogP contribution < -0.4 is 5.73 Å². The summed E-state index contributed by atoms with van der Waals surface area (Å²) in [4.78, 5) is 1.37. The van der Waals surface area contributed by atoms with E-state index in [-0.39, 0.29) is 46.7 Å². The van der Waals surface area contributed by atoms with Gasteiger partial charge in [0.1, 0.15) is 5.75 Å². The highest BCUT2D eigenvalue weighted by Gasteiger charge is 2.15. The minimum Gasteiger partial charge on any atom is -0.412 e. The molecule has 8 N–H and O–H groups in total. The number of sulfone groups is 1. The Morgan fingerprint density at radius 2 is 1.29 bits per heavy atom. The third-order valence-electron chi connectivity index (χ3n) is 2.72. The van der Waals surface area contributed by atoms with E-state index in [9.17, 15) is 8.42 Å². The standard InChI is InChI=1S/C9H11NO2S2.C6H5ClS.C2H6N2S.2CH4.2H2O/c1-13-9(10)7-14(11,12)8-5-3-2-4-6-8;7-8-6-4-2-1-3-5-6;1-5-2(3)4;;;;/h2-6,10H,7H2,1H3;1-5H;1H3,(H3,3,4);2*1H4;2*1H2. The lowest BCUT2D eigenvalue weighted by Crippen LogP contribution is -2.12. The lowest BCUT2D eigenvalue weighted by atomic mass is 10.4. The first-order valence-corrected chi connectivity index (χ1v) is 13.1. The van der Waals surface area contributed by atoms with E-state index in [1.165, 1.54) is 22.7 Å². The van der Waals surface area contributed by atoms with Gasteiger partial charge in [-0.05, 0) is 58.4 Å². The van der Waals surface area contributed by atoms with E-state index in [1.54, 1.807) is 42.8 Å². The van der Waals surface area contributed by atoms with Gasteiger partial charge in [0.15, 0.2) is 15.0 Å².